The maximum absolute atomic E-state index is 13.2. The minimum absolute atomic E-state index is 0.112. The van der Waals surface area contributed by atoms with Crippen molar-refractivity contribution in [1.82, 2.24) is 14.8 Å². The van der Waals surface area contributed by atoms with Crippen LogP contribution in [-0.4, -0.2) is 26.4 Å². The summed E-state index contributed by atoms with van der Waals surface area (Å²) in [7, 11) is 0. The SMILES string of the molecule is CCn1c(COc2ccc(F)cc2Cl)nnc1SCC(=O)Nc1cc(Cl)ccc1C. The van der Waals surface area contributed by atoms with Crippen LogP contribution >= 0.6 is 35.0 Å². The molecule has 0 saturated heterocycles. The molecule has 3 aromatic rings. The Hall–Kier alpha value is -2.29. The maximum atomic E-state index is 13.2. The number of thioether (sulfide) groups is 1. The summed E-state index contributed by atoms with van der Waals surface area (Å²) in [5.74, 6) is 0.482. The topological polar surface area (TPSA) is 69.0 Å². The van der Waals surface area contributed by atoms with E-state index < -0.39 is 5.82 Å². The van der Waals surface area contributed by atoms with E-state index in [0.29, 0.717) is 34.0 Å². The number of aryl methyl sites for hydroxylation is 1. The van der Waals surface area contributed by atoms with Crippen LogP contribution in [0, 0.1) is 12.7 Å². The van der Waals surface area contributed by atoms with Crippen molar-refractivity contribution < 1.29 is 13.9 Å². The van der Waals surface area contributed by atoms with Crippen molar-refractivity contribution in [3.8, 4) is 5.75 Å². The second-order valence-corrected chi connectivity index (χ2v) is 8.09. The van der Waals surface area contributed by atoms with Crippen LogP contribution in [0.4, 0.5) is 10.1 Å². The van der Waals surface area contributed by atoms with E-state index in [2.05, 4.69) is 15.5 Å². The van der Waals surface area contributed by atoms with Crippen LogP contribution in [0.25, 0.3) is 0 Å². The summed E-state index contributed by atoms with van der Waals surface area (Å²) >= 11 is 13.2. The number of ether oxygens (including phenoxy) is 1. The van der Waals surface area contributed by atoms with E-state index in [9.17, 15) is 9.18 Å². The van der Waals surface area contributed by atoms with E-state index in [1.807, 2.05) is 24.5 Å². The molecule has 1 amide bonds. The Morgan fingerprint density at radius 2 is 2.03 bits per heavy atom. The summed E-state index contributed by atoms with van der Waals surface area (Å²) in [6.45, 7) is 4.55. The highest BCUT2D eigenvalue weighted by Crippen LogP contribution is 2.26. The van der Waals surface area contributed by atoms with Gasteiger partial charge in [0.2, 0.25) is 5.91 Å². The van der Waals surface area contributed by atoms with Gasteiger partial charge in [-0.15, -0.1) is 10.2 Å². The summed E-state index contributed by atoms with van der Waals surface area (Å²) in [5, 5.41) is 12.5. The van der Waals surface area contributed by atoms with E-state index >= 15 is 0 Å². The molecule has 0 aliphatic rings. The zero-order valence-corrected chi connectivity index (χ0v) is 18.6. The second kappa shape index (κ2) is 10.1. The van der Waals surface area contributed by atoms with Crippen molar-refractivity contribution in [2.24, 2.45) is 0 Å². The summed E-state index contributed by atoms with van der Waals surface area (Å²) < 4.78 is 20.6. The fourth-order valence-electron chi connectivity index (χ4n) is 2.63. The monoisotopic (exact) mass is 468 g/mol. The number of amides is 1. The molecule has 0 unspecified atom stereocenters. The van der Waals surface area contributed by atoms with E-state index in [-0.39, 0.29) is 23.3 Å². The molecule has 0 saturated carbocycles. The average Bonchev–Trinajstić information content (AvgIpc) is 3.10. The molecule has 0 spiro atoms. The number of hydrogen-bond donors (Lipinski definition) is 1. The lowest BCUT2D eigenvalue weighted by molar-refractivity contribution is -0.113. The zero-order valence-electron chi connectivity index (χ0n) is 16.3. The molecule has 30 heavy (non-hydrogen) atoms. The zero-order chi connectivity index (χ0) is 21.7. The Balaban J connectivity index is 1.61. The fourth-order valence-corrected chi connectivity index (χ4v) is 3.85. The first kappa shape index (κ1) is 22.4. The molecule has 0 aliphatic carbocycles. The molecule has 0 bridgehead atoms. The van der Waals surface area contributed by atoms with Gasteiger partial charge >= 0.3 is 0 Å². The van der Waals surface area contributed by atoms with Crippen LogP contribution in [-0.2, 0) is 17.9 Å². The van der Waals surface area contributed by atoms with Crippen LogP contribution < -0.4 is 10.1 Å². The van der Waals surface area contributed by atoms with Crippen molar-refractivity contribution in [2.75, 3.05) is 11.1 Å². The highest BCUT2D eigenvalue weighted by atomic mass is 35.5. The predicted octanol–water partition coefficient (Wildman–Crippen LogP) is 5.36. The fraction of sp³-hybridized carbons (Fsp3) is 0.250. The molecule has 0 radical (unpaired) electrons. The molecule has 10 heteroatoms. The minimum atomic E-state index is -0.436. The van der Waals surface area contributed by atoms with Gasteiger partial charge in [0, 0.05) is 17.3 Å². The normalized spacial score (nSPS) is 10.8. The van der Waals surface area contributed by atoms with Crippen LogP contribution in [0.15, 0.2) is 41.6 Å². The van der Waals surface area contributed by atoms with Crippen LogP contribution in [0.2, 0.25) is 10.0 Å². The number of hydrogen-bond acceptors (Lipinski definition) is 5. The largest absolute Gasteiger partial charge is 0.484 e. The van der Waals surface area contributed by atoms with Gasteiger partial charge in [0.25, 0.3) is 0 Å². The smallest absolute Gasteiger partial charge is 0.234 e. The molecular formula is C20H19Cl2FN4O2S. The average molecular weight is 469 g/mol. The Kier molecular flexibility index (Phi) is 7.58. The molecular weight excluding hydrogens is 450 g/mol. The van der Waals surface area contributed by atoms with Gasteiger partial charge in [-0.1, -0.05) is 41.0 Å². The quantitative estimate of drug-likeness (QED) is 0.450. The first-order chi connectivity index (χ1) is 14.4. The van der Waals surface area contributed by atoms with Crippen LogP contribution in [0.5, 0.6) is 5.75 Å². The van der Waals surface area contributed by atoms with Crippen molar-refractivity contribution in [1.29, 1.82) is 0 Å². The van der Waals surface area contributed by atoms with Gasteiger partial charge in [0.1, 0.15) is 18.2 Å². The Morgan fingerprint density at radius 3 is 2.77 bits per heavy atom. The number of rotatable bonds is 8. The maximum Gasteiger partial charge on any atom is 0.234 e. The van der Waals surface area contributed by atoms with Crippen LogP contribution in [0.1, 0.15) is 18.3 Å². The summed E-state index contributed by atoms with van der Waals surface area (Å²) in [6, 6.07) is 9.24. The lowest BCUT2D eigenvalue weighted by Crippen LogP contribution is -2.15. The molecule has 1 aromatic heterocycles. The number of carbonyl (C=O) groups excluding carboxylic acids is 1. The van der Waals surface area contributed by atoms with Gasteiger partial charge in [0.05, 0.1) is 10.8 Å². The lowest BCUT2D eigenvalue weighted by atomic mass is 10.2. The predicted molar refractivity (Wildman–Crippen MR) is 117 cm³/mol. The third kappa shape index (κ3) is 5.65. The van der Waals surface area contributed by atoms with Gasteiger partial charge in [-0.3, -0.25) is 4.79 Å². The molecule has 1 N–H and O–H groups in total. The Labute approximate surface area is 187 Å². The number of aromatic nitrogens is 3. The third-order valence-corrected chi connectivity index (χ3v) is 5.66. The summed E-state index contributed by atoms with van der Waals surface area (Å²) in [5.41, 5.74) is 1.60. The van der Waals surface area contributed by atoms with E-state index in [4.69, 9.17) is 27.9 Å². The molecule has 158 valence electrons. The molecule has 0 fully saturated rings. The first-order valence-electron chi connectivity index (χ1n) is 9.06. The van der Waals surface area contributed by atoms with Gasteiger partial charge in [-0.2, -0.15) is 0 Å². The number of carbonyl (C=O) groups is 1. The van der Waals surface area contributed by atoms with Crippen molar-refractivity contribution in [3.05, 3.63) is 63.6 Å². The number of nitrogens with one attached hydrogen (secondary N) is 1. The van der Waals surface area contributed by atoms with Crippen molar-refractivity contribution in [3.63, 3.8) is 0 Å². The van der Waals surface area contributed by atoms with Crippen LogP contribution in [0.3, 0.4) is 0 Å². The number of anilines is 1. The highest BCUT2D eigenvalue weighted by Gasteiger charge is 2.15. The van der Waals surface area contributed by atoms with Gasteiger partial charge in [0.15, 0.2) is 11.0 Å². The van der Waals surface area contributed by atoms with E-state index in [0.717, 1.165) is 5.56 Å². The molecule has 0 atom stereocenters. The van der Waals surface area contributed by atoms with Gasteiger partial charge in [-0.05, 0) is 49.7 Å². The summed E-state index contributed by atoms with van der Waals surface area (Å²) in [6.07, 6.45) is 0. The van der Waals surface area contributed by atoms with E-state index in [1.54, 1.807) is 12.1 Å². The first-order valence-corrected chi connectivity index (χ1v) is 10.8. The molecule has 3 rings (SSSR count). The van der Waals surface area contributed by atoms with Crippen molar-refractivity contribution >= 4 is 46.6 Å². The number of halogens is 3. The molecule has 2 aromatic carbocycles. The van der Waals surface area contributed by atoms with Gasteiger partial charge in [-0.25, -0.2) is 4.39 Å². The number of benzene rings is 2. The standard InChI is InChI=1S/C20H19Cl2FN4O2S/c1-3-27-18(10-29-17-7-6-14(23)9-15(17)22)25-26-20(27)30-11-19(28)24-16-8-13(21)5-4-12(16)2/h4-9H,3,10-11H2,1-2H3,(H,24,28). The molecule has 6 nitrogen and oxygen atoms in total. The second-order valence-electron chi connectivity index (χ2n) is 6.30. The highest BCUT2D eigenvalue weighted by molar-refractivity contribution is 7.99. The minimum Gasteiger partial charge on any atom is -0.484 e. The molecule has 0 aliphatic heterocycles. The Bertz CT molecular complexity index is 1060. The van der Waals surface area contributed by atoms with Crippen molar-refractivity contribution in [2.45, 2.75) is 32.2 Å². The van der Waals surface area contributed by atoms with E-state index in [1.165, 1.54) is 30.0 Å². The third-order valence-electron chi connectivity index (χ3n) is 4.17. The summed E-state index contributed by atoms with van der Waals surface area (Å²) in [4.78, 5) is 12.3. The Morgan fingerprint density at radius 1 is 1.23 bits per heavy atom. The molecule has 1 heterocycles. The number of nitrogens with zero attached hydrogens (tertiary/aromatic N) is 3. The lowest BCUT2D eigenvalue weighted by Gasteiger charge is -2.10. The van der Waals surface area contributed by atoms with Gasteiger partial charge < -0.3 is 14.6 Å².